The summed E-state index contributed by atoms with van der Waals surface area (Å²) in [6.07, 6.45) is 1.30. The highest BCUT2D eigenvalue weighted by Gasteiger charge is 2.10. The molecule has 0 aliphatic rings. The van der Waals surface area contributed by atoms with Crippen molar-refractivity contribution in [3.63, 3.8) is 0 Å². The number of hydrogen-bond acceptors (Lipinski definition) is 1. The molecule has 0 bridgehead atoms. The minimum Gasteiger partial charge on any atom is -0.346 e. The highest BCUT2D eigenvalue weighted by Crippen LogP contribution is 2.25. The van der Waals surface area contributed by atoms with Gasteiger partial charge in [0, 0.05) is 6.16 Å². The second kappa shape index (κ2) is 3.38. The van der Waals surface area contributed by atoms with E-state index >= 15 is 0 Å². The van der Waals surface area contributed by atoms with Crippen molar-refractivity contribution in [1.82, 2.24) is 0 Å². The normalized spacial score (nSPS) is 15.6. The Balaban J connectivity index is 3.39. The summed E-state index contributed by atoms with van der Waals surface area (Å²) in [5.41, 5.74) is 0.197. The highest BCUT2D eigenvalue weighted by molar-refractivity contribution is 7.37. The topological polar surface area (TPSA) is 37.3 Å². The molecule has 0 saturated carbocycles. The molecular formula is C6H15O2P. The molecule has 0 aliphatic carbocycles. The minimum absolute atomic E-state index is 0.197. The van der Waals surface area contributed by atoms with Crippen LogP contribution in [0.15, 0.2) is 0 Å². The van der Waals surface area contributed by atoms with Crippen molar-refractivity contribution < 1.29 is 9.46 Å². The van der Waals surface area contributed by atoms with E-state index in [0.29, 0.717) is 6.16 Å². The summed E-state index contributed by atoms with van der Waals surface area (Å²) in [6.45, 7) is 6.20. The first-order chi connectivity index (χ1) is 3.92. The van der Waals surface area contributed by atoms with Crippen molar-refractivity contribution in [2.75, 3.05) is 6.16 Å². The van der Waals surface area contributed by atoms with Crippen LogP contribution in [0.25, 0.3) is 0 Å². The van der Waals surface area contributed by atoms with Crippen molar-refractivity contribution in [2.24, 2.45) is 5.41 Å². The van der Waals surface area contributed by atoms with E-state index in [1.165, 1.54) is 0 Å². The van der Waals surface area contributed by atoms with Crippen LogP contribution in [0.5, 0.6) is 0 Å². The summed E-state index contributed by atoms with van der Waals surface area (Å²) in [6, 6.07) is 0. The van der Waals surface area contributed by atoms with E-state index in [2.05, 4.69) is 20.8 Å². The molecule has 0 aromatic heterocycles. The molecule has 0 radical (unpaired) electrons. The van der Waals surface area contributed by atoms with E-state index in [9.17, 15) is 4.57 Å². The van der Waals surface area contributed by atoms with Gasteiger partial charge in [0.05, 0.1) is 0 Å². The molecule has 2 nitrogen and oxygen atoms in total. The molecule has 0 heterocycles. The van der Waals surface area contributed by atoms with Crippen LogP contribution in [-0.4, -0.2) is 11.1 Å². The van der Waals surface area contributed by atoms with Gasteiger partial charge in [0.15, 0.2) is 8.03 Å². The lowest BCUT2D eigenvalue weighted by atomic mass is 9.94. The van der Waals surface area contributed by atoms with E-state index in [4.69, 9.17) is 4.89 Å². The van der Waals surface area contributed by atoms with Gasteiger partial charge in [0.2, 0.25) is 0 Å². The lowest BCUT2D eigenvalue weighted by Gasteiger charge is -2.15. The fraction of sp³-hybridized carbons (Fsp3) is 1.00. The molecule has 0 spiro atoms. The molecule has 1 atom stereocenters. The van der Waals surface area contributed by atoms with Crippen molar-refractivity contribution in [1.29, 1.82) is 0 Å². The Labute approximate surface area is 57.1 Å². The molecule has 0 fully saturated rings. The fourth-order valence-electron chi connectivity index (χ4n) is 0.482. The van der Waals surface area contributed by atoms with Crippen molar-refractivity contribution in [3.05, 3.63) is 0 Å². The van der Waals surface area contributed by atoms with Gasteiger partial charge < -0.3 is 4.89 Å². The van der Waals surface area contributed by atoms with E-state index < -0.39 is 8.03 Å². The van der Waals surface area contributed by atoms with Crippen LogP contribution < -0.4 is 0 Å². The summed E-state index contributed by atoms with van der Waals surface area (Å²) in [5.74, 6) is 0. The van der Waals surface area contributed by atoms with Gasteiger partial charge in [-0.05, 0) is 11.8 Å². The molecule has 0 saturated heterocycles. The Bertz CT molecular complexity index is 104. The van der Waals surface area contributed by atoms with Crippen LogP contribution in [0.4, 0.5) is 0 Å². The third-order valence-corrected chi connectivity index (χ3v) is 1.77. The number of hydrogen-bond donors (Lipinski definition) is 1. The second-order valence-corrected chi connectivity index (χ2v) is 4.74. The first-order valence-electron chi connectivity index (χ1n) is 3.13. The van der Waals surface area contributed by atoms with Crippen LogP contribution in [0, 0.1) is 5.41 Å². The standard InChI is InChI=1S/C6H15O2P/c1-6(2,3)4-5-9(7)8/h9H,4-5H2,1-3H3,(H,7,8). The van der Waals surface area contributed by atoms with Gasteiger partial charge in [0.25, 0.3) is 0 Å². The van der Waals surface area contributed by atoms with Gasteiger partial charge in [-0.15, -0.1) is 0 Å². The van der Waals surface area contributed by atoms with Crippen molar-refractivity contribution in [2.45, 2.75) is 27.2 Å². The Morgan fingerprint density at radius 2 is 1.89 bits per heavy atom. The molecular weight excluding hydrogens is 135 g/mol. The maximum atomic E-state index is 10.2. The summed E-state index contributed by atoms with van der Waals surface area (Å²) < 4.78 is 10.2. The van der Waals surface area contributed by atoms with Crippen LogP contribution in [0.2, 0.25) is 0 Å². The van der Waals surface area contributed by atoms with Crippen molar-refractivity contribution in [3.8, 4) is 0 Å². The molecule has 0 aromatic rings. The highest BCUT2D eigenvalue weighted by atomic mass is 31.1. The molecule has 1 unspecified atom stereocenters. The van der Waals surface area contributed by atoms with Gasteiger partial charge in [-0.1, -0.05) is 20.8 Å². The average molecular weight is 150 g/mol. The predicted molar refractivity (Wildman–Crippen MR) is 40.2 cm³/mol. The fourth-order valence-corrected chi connectivity index (χ4v) is 1.45. The smallest absolute Gasteiger partial charge is 0.189 e. The zero-order valence-corrected chi connectivity index (χ0v) is 7.27. The molecule has 0 rings (SSSR count). The zero-order chi connectivity index (χ0) is 7.49. The third-order valence-electron chi connectivity index (χ3n) is 1.09. The lowest BCUT2D eigenvalue weighted by molar-refractivity contribution is 0.391. The number of rotatable bonds is 2. The Hall–Kier alpha value is 0.190. The molecule has 0 aliphatic heterocycles. The van der Waals surface area contributed by atoms with Crippen LogP contribution in [0.1, 0.15) is 27.2 Å². The van der Waals surface area contributed by atoms with Crippen LogP contribution >= 0.6 is 8.03 Å². The van der Waals surface area contributed by atoms with Crippen LogP contribution in [-0.2, 0) is 4.57 Å². The SMILES string of the molecule is CC(C)(C)CC[PH](=O)O. The van der Waals surface area contributed by atoms with Crippen LogP contribution in [0.3, 0.4) is 0 Å². The van der Waals surface area contributed by atoms with Gasteiger partial charge >= 0.3 is 0 Å². The van der Waals surface area contributed by atoms with Crippen molar-refractivity contribution >= 4 is 8.03 Å². The molecule has 1 N–H and O–H groups in total. The lowest BCUT2D eigenvalue weighted by Crippen LogP contribution is -2.05. The van der Waals surface area contributed by atoms with Gasteiger partial charge in [-0.25, -0.2) is 0 Å². The monoisotopic (exact) mass is 150 g/mol. The Morgan fingerprint density at radius 3 is 2.00 bits per heavy atom. The second-order valence-electron chi connectivity index (χ2n) is 3.45. The first-order valence-corrected chi connectivity index (χ1v) is 4.70. The largest absolute Gasteiger partial charge is 0.346 e. The predicted octanol–water partition coefficient (Wildman–Crippen LogP) is 1.89. The minimum atomic E-state index is -2.22. The molecule has 0 amide bonds. The average Bonchev–Trinajstić information content (AvgIpc) is 1.59. The van der Waals surface area contributed by atoms with E-state index in [1.54, 1.807) is 0 Å². The Morgan fingerprint density at radius 1 is 1.44 bits per heavy atom. The maximum Gasteiger partial charge on any atom is 0.189 e. The molecule has 56 valence electrons. The zero-order valence-electron chi connectivity index (χ0n) is 6.27. The van der Waals surface area contributed by atoms with Gasteiger partial charge in [0.1, 0.15) is 0 Å². The first kappa shape index (κ1) is 9.19. The summed E-state index contributed by atoms with van der Waals surface area (Å²) in [7, 11) is -2.22. The Kier molecular flexibility index (Phi) is 3.45. The van der Waals surface area contributed by atoms with Gasteiger partial charge in [-0.3, -0.25) is 4.57 Å². The van der Waals surface area contributed by atoms with Gasteiger partial charge in [-0.2, -0.15) is 0 Å². The third kappa shape index (κ3) is 8.19. The summed E-state index contributed by atoms with van der Waals surface area (Å²) in [4.78, 5) is 8.46. The molecule has 0 aromatic carbocycles. The van der Waals surface area contributed by atoms with E-state index in [-0.39, 0.29) is 5.41 Å². The molecule has 9 heavy (non-hydrogen) atoms. The summed E-state index contributed by atoms with van der Waals surface area (Å²) >= 11 is 0. The maximum absolute atomic E-state index is 10.2. The quantitative estimate of drug-likeness (QED) is 0.610. The summed E-state index contributed by atoms with van der Waals surface area (Å²) in [5, 5.41) is 0. The van der Waals surface area contributed by atoms with E-state index in [1.807, 2.05) is 0 Å². The molecule has 3 heteroatoms. The van der Waals surface area contributed by atoms with E-state index in [0.717, 1.165) is 6.42 Å².